The van der Waals surface area contributed by atoms with Gasteiger partial charge in [-0.25, -0.2) is 39.9 Å². The maximum absolute atomic E-state index is 5.19. The van der Waals surface area contributed by atoms with Crippen molar-refractivity contribution in [2.24, 2.45) is 0 Å². The first-order valence-electron chi connectivity index (χ1n) is 41.9. The lowest BCUT2D eigenvalue weighted by atomic mass is 9.89. The van der Waals surface area contributed by atoms with Crippen molar-refractivity contribution < 1.29 is 0 Å². The fraction of sp³-hybridized carbons (Fsp3) is 0. The lowest BCUT2D eigenvalue weighted by Crippen LogP contribution is -2.00. The van der Waals surface area contributed by atoms with Gasteiger partial charge in [0, 0.05) is 98.5 Å². The number of rotatable bonds is 10. The van der Waals surface area contributed by atoms with E-state index in [4.69, 9.17) is 39.9 Å². The molecule has 576 valence electrons. The minimum Gasteiger partial charge on any atom is -0.247 e. The van der Waals surface area contributed by atoms with Crippen LogP contribution < -0.4 is 0 Å². The average molecular weight is 1580 g/mol. The smallest absolute Gasteiger partial charge is 0.164 e. The molecule has 8 nitrogen and oxygen atoms in total. The predicted octanol–water partition coefficient (Wildman–Crippen LogP) is 30.2. The highest BCUT2D eigenvalue weighted by Crippen LogP contribution is 2.45. The first kappa shape index (κ1) is 72.5. The SMILES string of the molecule is c1ccc(-c2cc(-c3ccccc3)nc(-c3ccc(-c4nc5ccccc5c5c4ccc4ccccc45)cc3)n2)cc1.c1ccc(-c2nc(-c3ccccc3)nc(-c3ccc(-c4nc5ccccc5c5c4ccc4ccccc45)cc3)n2)cc1.c1ccc2c(c1)ccc1c(-c3ccc(-c4ccc5ccc6cccc7ccc4c5c67)cc3)nc3ccccc3c12. The van der Waals surface area contributed by atoms with E-state index in [0.29, 0.717) is 23.3 Å². The molecule has 0 saturated heterocycles. The number of hydrogen-bond acceptors (Lipinski definition) is 8. The third-order valence-corrected chi connectivity index (χ3v) is 24.2. The van der Waals surface area contributed by atoms with Crippen molar-refractivity contribution in [1.82, 2.24) is 39.9 Å². The van der Waals surface area contributed by atoms with E-state index in [2.05, 4.69) is 340 Å². The van der Waals surface area contributed by atoms with Gasteiger partial charge in [-0.1, -0.05) is 413 Å². The quantitative estimate of drug-likeness (QED) is 0.125. The number of pyridine rings is 3. The Hall–Kier alpha value is -16.7. The molecule has 0 aliphatic carbocycles. The van der Waals surface area contributed by atoms with Crippen molar-refractivity contribution in [1.29, 1.82) is 0 Å². The minimum atomic E-state index is 0.636. The van der Waals surface area contributed by atoms with Crippen LogP contribution in [0.2, 0.25) is 0 Å². The maximum atomic E-state index is 5.19. The Balaban J connectivity index is 0.000000107. The molecule has 0 radical (unpaired) electrons. The normalized spacial score (nSPS) is 11.5. The molecule has 8 heteroatoms. The van der Waals surface area contributed by atoms with Gasteiger partial charge in [-0.2, -0.15) is 0 Å². The molecule has 0 spiro atoms. The van der Waals surface area contributed by atoms with Crippen LogP contribution >= 0.6 is 0 Å². The molecular weight excluding hydrogens is 1510 g/mol. The molecule has 0 N–H and O–H groups in total. The van der Waals surface area contributed by atoms with E-state index in [1.54, 1.807) is 0 Å². The van der Waals surface area contributed by atoms with Crippen LogP contribution in [0.1, 0.15) is 0 Å². The van der Waals surface area contributed by atoms with E-state index in [1.807, 2.05) is 97.1 Å². The second kappa shape index (κ2) is 30.9. The van der Waals surface area contributed by atoms with E-state index in [0.717, 1.165) is 111 Å². The summed E-state index contributed by atoms with van der Waals surface area (Å²) in [5.41, 5.74) is 19.4. The predicted molar refractivity (Wildman–Crippen MR) is 517 cm³/mol. The van der Waals surface area contributed by atoms with Gasteiger partial charge in [-0.3, -0.25) is 0 Å². The summed E-state index contributed by atoms with van der Waals surface area (Å²) in [7, 11) is 0. The lowest BCUT2D eigenvalue weighted by molar-refractivity contribution is 1.07. The van der Waals surface area contributed by atoms with Gasteiger partial charge in [0.15, 0.2) is 23.3 Å². The van der Waals surface area contributed by atoms with Crippen LogP contribution in [0.5, 0.6) is 0 Å². The largest absolute Gasteiger partial charge is 0.247 e. The summed E-state index contributed by atoms with van der Waals surface area (Å²) in [6.45, 7) is 0. The molecular formula is C116H72N8. The fourth-order valence-corrected chi connectivity index (χ4v) is 18.2. The van der Waals surface area contributed by atoms with Crippen LogP contribution in [-0.2, 0) is 0 Å². The van der Waals surface area contributed by atoms with Gasteiger partial charge in [0.2, 0.25) is 0 Å². The topological polar surface area (TPSA) is 103 Å². The van der Waals surface area contributed by atoms with Gasteiger partial charge in [0.05, 0.1) is 45.0 Å². The van der Waals surface area contributed by atoms with Gasteiger partial charge in [0.25, 0.3) is 0 Å². The molecule has 0 aliphatic rings. The Bertz CT molecular complexity index is 7940. The highest BCUT2D eigenvalue weighted by molar-refractivity contribution is 6.27. The summed E-state index contributed by atoms with van der Waals surface area (Å²) in [5, 5.41) is 26.1. The minimum absolute atomic E-state index is 0.636. The number of aromatic nitrogens is 8. The molecule has 124 heavy (non-hydrogen) atoms. The Kier molecular flexibility index (Phi) is 18.1. The molecule has 0 saturated carbocycles. The number of fused-ring (bicyclic) bond motifs is 15. The number of benzene rings is 20. The summed E-state index contributed by atoms with van der Waals surface area (Å²) >= 11 is 0. The second-order valence-corrected chi connectivity index (χ2v) is 31.5. The molecule has 0 unspecified atom stereocenters. The van der Waals surface area contributed by atoms with Crippen LogP contribution in [0.4, 0.5) is 0 Å². The summed E-state index contributed by atoms with van der Waals surface area (Å²) in [5.74, 6) is 2.64. The first-order valence-corrected chi connectivity index (χ1v) is 41.9. The molecule has 0 amide bonds. The van der Waals surface area contributed by atoms with Crippen LogP contribution in [0.25, 0.3) is 243 Å². The van der Waals surface area contributed by atoms with Crippen LogP contribution in [-0.4, -0.2) is 39.9 Å². The molecule has 0 atom stereocenters. The van der Waals surface area contributed by atoms with Gasteiger partial charge < -0.3 is 0 Å². The summed E-state index contributed by atoms with van der Waals surface area (Å²) in [6.07, 6.45) is 0. The standard InChI is InChI=1S/C39H25N3.C39H23N.C38H24N4/c1-3-12-27(13-4-1)35-25-36(28-14-5-2-6-15-28)42-39(41-35)30-21-19-29(20-22-30)38-33-24-23-26-11-7-8-16-31(26)37(33)32-17-9-10-18-34(32)40-38;1-2-9-31-24(6-1)18-23-34-38(31)33-10-3-4-11-35(33)40-39(34)29-16-12-25(13-17-29)30-21-19-28-15-14-26-7-5-8-27-20-22-32(30)37(28)36(26)27;1-3-12-27(13-4-1)36-40-37(28-14-5-2-6-15-28)42-38(41-36)29-21-19-26(20-22-29)35-32-24-23-25-11-7-8-16-30(25)34(32)31-17-9-10-18-33(31)39-35/h1-25H;1-23H;1-24H. The second-order valence-electron chi connectivity index (χ2n) is 31.5. The van der Waals surface area contributed by atoms with Gasteiger partial charge in [-0.05, 0) is 100 Å². The maximum Gasteiger partial charge on any atom is 0.164 e. The third kappa shape index (κ3) is 13.1. The van der Waals surface area contributed by atoms with Crippen LogP contribution in [0, 0.1) is 0 Å². The zero-order valence-corrected chi connectivity index (χ0v) is 67.1. The summed E-state index contributed by atoms with van der Waals surface area (Å²) < 4.78 is 0. The van der Waals surface area contributed by atoms with E-state index in [9.17, 15) is 0 Å². The Morgan fingerprint density at radius 2 is 0.395 bits per heavy atom. The molecule has 25 rings (SSSR count). The number of nitrogens with zero attached hydrogens (tertiary/aromatic N) is 8. The van der Waals surface area contributed by atoms with Crippen molar-refractivity contribution in [2.75, 3.05) is 0 Å². The van der Waals surface area contributed by atoms with Gasteiger partial charge in [0.1, 0.15) is 0 Å². The highest BCUT2D eigenvalue weighted by atomic mass is 15.0. The fourth-order valence-electron chi connectivity index (χ4n) is 18.2. The van der Waals surface area contributed by atoms with Crippen molar-refractivity contribution in [3.05, 3.63) is 437 Å². The van der Waals surface area contributed by atoms with E-state index in [-0.39, 0.29) is 0 Å². The average Bonchev–Trinajstić information content (AvgIpc) is 1.10. The Morgan fingerprint density at radius 1 is 0.129 bits per heavy atom. The molecule has 25 aromatic rings. The monoisotopic (exact) mass is 1580 g/mol. The van der Waals surface area contributed by atoms with E-state index >= 15 is 0 Å². The first-order chi connectivity index (χ1) is 61.5. The van der Waals surface area contributed by atoms with Crippen LogP contribution in [0.3, 0.4) is 0 Å². The Labute approximate surface area is 714 Å². The molecule has 5 aromatic heterocycles. The zero-order chi connectivity index (χ0) is 82.0. The molecule has 20 aromatic carbocycles. The molecule has 0 fully saturated rings. The molecule has 0 bridgehead atoms. The zero-order valence-electron chi connectivity index (χ0n) is 67.1. The third-order valence-electron chi connectivity index (χ3n) is 24.2. The van der Waals surface area contributed by atoms with Gasteiger partial charge in [-0.15, -0.1) is 0 Å². The van der Waals surface area contributed by atoms with Crippen LogP contribution in [0.15, 0.2) is 437 Å². The van der Waals surface area contributed by atoms with E-state index < -0.39 is 0 Å². The van der Waals surface area contributed by atoms with Crippen molar-refractivity contribution in [3.63, 3.8) is 0 Å². The Morgan fingerprint density at radius 3 is 0.782 bits per heavy atom. The van der Waals surface area contributed by atoms with Crippen molar-refractivity contribution >= 4 is 130 Å². The molecule has 5 heterocycles. The van der Waals surface area contributed by atoms with E-state index in [1.165, 1.54) is 108 Å². The summed E-state index contributed by atoms with van der Waals surface area (Å²) in [4.78, 5) is 40.1. The summed E-state index contributed by atoms with van der Waals surface area (Å²) in [6, 6.07) is 153. The van der Waals surface area contributed by atoms with Gasteiger partial charge >= 0.3 is 0 Å². The lowest BCUT2D eigenvalue weighted by Gasteiger charge is -2.15. The number of para-hydroxylation sites is 3. The van der Waals surface area contributed by atoms with Crippen molar-refractivity contribution in [2.45, 2.75) is 0 Å². The molecule has 0 aliphatic heterocycles. The number of hydrogen-bond donors (Lipinski definition) is 0. The van der Waals surface area contributed by atoms with Crippen molar-refractivity contribution in [3.8, 4) is 113 Å². The highest BCUT2D eigenvalue weighted by Gasteiger charge is 2.21.